The van der Waals surface area contributed by atoms with Gasteiger partial charge >= 0.3 is 0 Å². The number of nitrogens with zero attached hydrogens (tertiary/aromatic N) is 2. The molecule has 0 radical (unpaired) electrons. The molecule has 2 heterocycles. The summed E-state index contributed by atoms with van der Waals surface area (Å²) in [5.41, 5.74) is 0. The van der Waals surface area contributed by atoms with Crippen LogP contribution < -0.4 is 5.32 Å². The summed E-state index contributed by atoms with van der Waals surface area (Å²) >= 11 is 0. The van der Waals surface area contributed by atoms with Gasteiger partial charge in [-0.05, 0) is 32.2 Å². The topological polar surface area (TPSA) is 61.9 Å². The van der Waals surface area contributed by atoms with Gasteiger partial charge in [0.15, 0.2) is 0 Å². The highest BCUT2D eigenvalue weighted by Gasteiger charge is 2.36. The molecule has 21 heavy (non-hydrogen) atoms. The molecule has 7 heteroatoms. The number of hydrogen-bond donors (Lipinski definition) is 1. The van der Waals surface area contributed by atoms with Crippen molar-refractivity contribution in [3.8, 4) is 0 Å². The summed E-state index contributed by atoms with van der Waals surface area (Å²) in [6.07, 6.45) is 1.88. The van der Waals surface area contributed by atoms with Crippen molar-refractivity contribution < 1.29 is 13.2 Å². The van der Waals surface area contributed by atoms with Gasteiger partial charge in [-0.25, -0.2) is 0 Å². The first kappa shape index (κ1) is 17.1. The van der Waals surface area contributed by atoms with E-state index < -0.39 is 10.2 Å². The molecule has 2 fully saturated rings. The van der Waals surface area contributed by atoms with Crippen molar-refractivity contribution in [2.45, 2.75) is 45.7 Å². The van der Waals surface area contributed by atoms with Crippen molar-refractivity contribution in [3.05, 3.63) is 0 Å². The third kappa shape index (κ3) is 4.39. The normalized spacial score (nSPS) is 27.3. The predicted molar refractivity (Wildman–Crippen MR) is 83.3 cm³/mol. The molecule has 0 aromatic rings. The quantitative estimate of drug-likeness (QED) is 0.809. The fraction of sp³-hybridized carbons (Fsp3) is 1.00. The molecule has 0 aromatic heterocycles. The van der Waals surface area contributed by atoms with Crippen LogP contribution in [-0.4, -0.2) is 68.5 Å². The van der Waals surface area contributed by atoms with E-state index in [2.05, 4.69) is 19.2 Å². The summed E-state index contributed by atoms with van der Waals surface area (Å²) in [5, 5.41) is 3.44. The minimum absolute atomic E-state index is 0.0657. The third-order valence-corrected chi connectivity index (χ3v) is 6.47. The molecule has 0 spiro atoms. The molecule has 0 saturated carbocycles. The maximum absolute atomic E-state index is 12.7. The zero-order chi connectivity index (χ0) is 15.5. The lowest BCUT2D eigenvalue weighted by Gasteiger charge is -2.39. The lowest BCUT2D eigenvalue weighted by Crippen LogP contribution is -2.54. The Morgan fingerprint density at radius 2 is 1.90 bits per heavy atom. The van der Waals surface area contributed by atoms with Crippen molar-refractivity contribution in [2.75, 3.05) is 39.4 Å². The minimum Gasteiger partial charge on any atom is -0.378 e. The molecule has 0 aromatic carbocycles. The molecule has 2 aliphatic rings. The second-order valence-electron chi connectivity index (χ2n) is 6.45. The molecule has 2 saturated heterocycles. The average Bonchev–Trinajstić information content (AvgIpc) is 2.46. The van der Waals surface area contributed by atoms with E-state index in [1.165, 1.54) is 0 Å². The Balaban J connectivity index is 1.88. The van der Waals surface area contributed by atoms with Crippen molar-refractivity contribution in [1.82, 2.24) is 13.9 Å². The smallest absolute Gasteiger partial charge is 0.282 e. The molecule has 1 N–H and O–H groups in total. The van der Waals surface area contributed by atoms with Gasteiger partial charge < -0.3 is 10.1 Å². The molecule has 124 valence electrons. The number of morpholine rings is 1. The Morgan fingerprint density at radius 3 is 2.48 bits per heavy atom. The molecule has 0 bridgehead atoms. The first-order valence-corrected chi connectivity index (χ1v) is 9.39. The SMILES string of the molecule is CC(C)NCC1CCN(S(=O)(=O)N2CCOCC2C)CC1. The second-order valence-corrected chi connectivity index (χ2v) is 8.33. The van der Waals surface area contributed by atoms with E-state index in [1.54, 1.807) is 8.61 Å². The first-order valence-electron chi connectivity index (χ1n) is 7.99. The van der Waals surface area contributed by atoms with Crippen molar-refractivity contribution in [2.24, 2.45) is 5.92 Å². The van der Waals surface area contributed by atoms with Crippen LogP contribution in [0.15, 0.2) is 0 Å². The predicted octanol–water partition coefficient (Wildman–Crippen LogP) is 0.662. The van der Waals surface area contributed by atoms with Crippen molar-refractivity contribution >= 4 is 10.2 Å². The second kappa shape index (κ2) is 7.37. The van der Waals surface area contributed by atoms with Gasteiger partial charge in [-0.3, -0.25) is 0 Å². The Hall–Kier alpha value is -0.210. The molecule has 0 amide bonds. The summed E-state index contributed by atoms with van der Waals surface area (Å²) in [6.45, 7) is 9.91. The van der Waals surface area contributed by atoms with Gasteiger partial charge in [-0.2, -0.15) is 17.0 Å². The highest BCUT2D eigenvalue weighted by molar-refractivity contribution is 7.86. The first-order chi connectivity index (χ1) is 9.91. The van der Waals surface area contributed by atoms with Gasteiger partial charge in [0.05, 0.1) is 13.2 Å². The number of ether oxygens (including phenoxy) is 1. The molecular weight excluding hydrogens is 290 g/mol. The van der Waals surface area contributed by atoms with Crippen LogP contribution in [0.2, 0.25) is 0 Å². The van der Waals surface area contributed by atoms with E-state index in [9.17, 15) is 8.42 Å². The van der Waals surface area contributed by atoms with Gasteiger partial charge in [-0.15, -0.1) is 0 Å². The highest BCUT2D eigenvalue weighted by Crippen LogP contribution is 2.23. The minimum atomic E-state index is -3.32. The van der Waals surface area contributed by atoms with Crippen LogP contribution in [0.1, 0.15) is 33.6 Å². The number of hydrogen-bond acceptors (Lipinski definition) is 4. The maximum atomic E-state index is 12.7. The van der Waals surface area contributed by atoms with Gasteiger partial charge in [0.25, 0.3) is 10.2 Å². The summed E-state index contributed by atoms with van der Waals surface area (Å²) < 4.78 is 34.0. The van der Waals surface area contributed by atoms with Crippen LogP contribution in [0, 0.1) is 5.92 Å². The largest absolute Gasteiger partial charge is 0.378 e. The van der Waals surface area contributed by atoms with E-state index in [0.717, 1.165) is 19.4 Å². The van der Waals surface area contributed by atoms with E-state index in [1.807, 2.05) is 6.92 Å². The fourth-order valence-corrected chi connectivity index (χ4v) is 4.74. The van der Waals surface area contributed by atoms with Gasteiger partial charge in [0, 0.05) is 31.7 Å². The number of rotatable bonds is 5. The van der Waals surface area contributed by atoms with Crippen LogP contribution >= 0.6 is 0 Å². The average molecular weight is 319 g/mol. The van der Waals surface area contributed by atoms with Crippen LogP contribution in [0.5, 0.6) is 0 Å². The van der Waals surface area contributed by atoms with E-state index in [-0.39, 0.29) is 6.04 Å². The Labute approximate surface area is 129 Å². The zero-order valence-corrected chi connectivity index (χ0v) is 14.2. The Kier molecular flexibility index (Phi) is 6.02. The lowest BCUT2D eigenvalue weighted by atomic mass is 9.98. The Morgan fingerprint density at radius 1 is 1.24 bits per heavy atom. The molecule has 6 nitrogen and oxygen atoms in total. The Bertz CT molecular complexity index is 419. The molecule has 1 unspecified atom stereocenters. The molecule has 1 atom stereocenters. The van der Waals surface area contributed by atoms with Crippen LogP contribution in [0.3, 0.4) is 0 Å². The summed E-state index contributed by atoms with van der Waals surface area (Å²) in [7, 11) is -3.32. The zero-order valence-electron chi connectivity index (χ0n) is 13.4. The summed E-state index contributed by atoms with van der Waals surface area (Å²) in [4.78, 5) is 0. The number of piperidine rings is 1. The van der Waals surface area contributed by atoms with Crippen molar-refractivity contribution in [3.63, 3.8) is 0 Å². The number of nitrogens with one attached hydrogen (secondary N) is 1. The third-order valence-electron chi connectivity index (χ3n) is 4.32. The summed E-state index contributed by atoms with van der Waals surface area (Å²) in [5.74, 6) is 0.584. The van der Waals surface area contributed by atoms with Gasteiger partial charge in [0.1, 0.15) is 0 Å². The van der Waals surface area contributed by atoms with Crippen LogP contribution in [0.4, 0.5) is 0 Å². The fourth-order valence-electron chi connectivity index (χ4n) is 2.95. The molecule has 2 rings (SSSR count). The van der Waals surface area contributed by atoms with Crippen molar-refractivity contribution in [1.29, 1.82) is 0 Å². The molecule has 2 aliphatic heterocycles. The standard InChI is InChI=1S/C14H29N3O3S/c1-12(2)15-10-14-4-6-16(7-5-14)21(18,19)17-8-9-20-11-13(17)3/h12-15H,4-11H2,1-3H3. The monoisotopic (exact) mass is 319 g/mol. The maximum Gasteiger partial charge on any atom is 0.282 e. The summed E-state index contributed by atoms with van der Waals surface area (Å²) in [6, 6.07) is 0.421. The van der Waals surface area contributed by atoms with E-state index >= 15 is 0 Å². The van der Waals surface area contributed by atoms with E-state index in [0.29, 0.717) is 44.8 Å². The van der Waals surface area contributed by atoms with E-state index in [4.69, 9.17) is 4.74 Å². The lowest BCUT2D eigenvalue weighted by molar-refractivity contribution is 0.0356. The van der Waals surface area contributed by atoms with Crippen LogP contribution in [0.25, 0.3) is 0 Å². The highest BCUT2D eigenvalue weighted by atomic mass is 32.2. The van der Waals surface area contributed by atoms with Gasteiger partial charge in [0.2, 0.25) is 0 Å². The van der Waals surface area contributed by atoms with Gasteiger partial charge in [-0.1, -0.05) is 13.8 Å². The van der Waals surface area contributed by atoms with Crippen LogP contribution in [-0.2, 0) is 14.9 Å². The molecule has 0 aliphatic carbocycles. The molecular formula is C14H29N3O3S.